The number of fused-ring (bicyclic) bond motifs is 1. The minimum atomic E-state index is -0.0199. The predicted octanol–water partition coefficient (Wildman–Crippen LogP) is 4.62. The van der Waals surface area contributed by atoms with Gasteiger partial charge in [-0.05, 0) is 65.3 Å². The van der Waals surface area contributed by atoms with Gasteiger partial charge in [0, 0.05) is 12.1 Å². The molecule has 1 atom stereocenters. The van der Waals surface area contributed by atoms with E-state index in [4.69, 9.17) is 5.73 Å². The number of carbonyl (C=O) groups excluding carboxylic acids is 1. The highest BCUT2D eigenvalue weighted by Crippen LogP contribution is 2.30. The number of benzene rings is 3. The van der Waals surface area contributed by atoms with Crippen LogP contribution in [0.1, 0.15) is 45.9 Å². The SMILES string of the molecule is NCc1cccc(-c2cccc(C(=O)N[C@@H]3CCCc4ccccc43)c2)c1. The van der Waals surface area contributed by atoms with Gasteiger partial charge in [0.25, 0.3) is 5.91 Å². The monoisotopic (exact) mass is 356 g/mol. The Morgan fingerprint density at radius 2 is 1.74 bits per heavy atom. The number of hydrogen-bond donors (Lipinski definition) is 2. The number of aryl methyl sites for hydroxylation is 1. The van der Waals surface area contributed by atoms with Gasteiger partial charge in [-0.3, -0.25) is 4.79 Å². The fourth-order valence-corrected chi connectivity index (χ4v) is 3.86. The third-order valence-electron chi connectivity index (χ3n) is 5.30. The molecule has 0 fully saturated rings. The first-order chi connectivity index (χ1) is 13.2. The van der Waals surface area contributed by atoms with Gasteiger partial charge in [-0.2, -0.15) is 0 Å². The van der Waals surface area contributed by atoms with E-state index in [1.165, 1.54) is 11.1 Å². The maximum Gasteiger partial charge on any atom is 0.251 e. The van der Waals surface area contributed by atoms with E-state index in [-0.39, 0.29) is 11.9 Å². The molecule has 0 spiro atoms. The Bertz CT molecular complexity index is 964. The summed E-state index contributed by atoms with van der Waals surface area (Å²) in [4.78, 5) is 12.9. The summed E-state index contributed by atoms with van der Waals surface area (Å²) in [6.45, 7) is 0.509. The highest BCUT2D eigenvalue weighted by Gasteiger charge is 2.22. The molecule has 0 aromatic heterocycles. The molecule has 27 heavy (non-hydrogen) atoms. The number of carbonyl (C=O) groups is 1. The molecular weight excluding hydrogens is 332 g/mol. The summed E-state index contributed by atoms with van der Waals surface area (Å²) >= 11 is 0. The topological polar surface area (TPSA) is 55.1 Å². The molecule has 3 nitrogen and oxygen atoms in total. The summed E-state index contributed by atoms with van der Waals surface area (Å²) in [5.41, 5.74) is 12.2. The van der Waals surface area contributed by atoms with E-state index in [2.05, 4.69) is 29.6 Å². The van der Waals surface area contributed by atoms with Gasteiger partial charge in [-0.15, -0.1) is 0 Å². The number of hydrogen-bond acceptors (Lipinski definition) is 2. The second-order valence-corrected chi connectivity index (χ2v) is 7.10. The van der Waals surface area contributed by atoms with Crippen LogP contribution in [-0.4, -0.2) is 5.91 Å². The molecule has 0 saturated carbocycles. The highest BCUT2D eigenvalue weighted by molar-refractivity contribution is 5.95. The minimum Gasteiger partial charge on any atom is -0.345 e. The molecule has 0 unspecified atom stereocenters. The Kier molecular flexibility index (Phi) is 5.03. The fraction of sp³-hybridized carbons (Fsp3) is 0.208. The molecule has 0 radical (unpaired) electrons. The van der Waals surface area contributed by atoms with Crippen LogP contribution < -0.4 is 11.1 Å². The first-order valence-corrected chi connectivity index (χ1v) is 9.53. The quantitative estimate of drug-likeness (QED) is 0.717. The fourth-order valence-electron chi connectivity index (χ4n) is 3.86. The van der Waals surface area contributed by atoms with E-state index in [9.17, 15) is 4.79 Å². The van der Waals surface area contributed by atoms with Crippen LogP contribution in [-0.2, 0) is 13.0 Å². The lowest BCUT2D eigenvalue weighted by molar-refractivity contribution is 0.0933. The smallest absolute Gasteiger partial charge is 0.251 e. The standard InChI is InChI=1S/C24H24N2O/c25-16-17-6-3-9-19(14-17)20-10-4-11-21(15-20)24(27)26-23-13-5-8-18-7-1-2-12-22(18)23/h1-4,6-7,9-12,14-15,23H,5,8,13,16,25H2,(H,26,27)/t23-/m1/s1. The molecule has 3 aromatic rings. The second kappa shape index (κ2) is 7.77. The molecular formula is C24H24N2O. The van der Waals surface area contributed by atoms with E-state index >= 15 is 0 Å². The van der Waals surface area contributed by atoms with E-state index in [0.29, 0.717) is 12.1 Å². The van der Waals surface area contributed by atoms with E-state index in [1.54, 1.807) is 0 Å². The first-order valence-electron chi connectivity index (χ1n) is 9.53. The molecule has 3 aromatic carbocycles. The summed E-state index contributed by atoms with van der Waals surface area (Å²) in [5.74, 6) is -0.0199. The summed E-state index contributed by atoms with van der Waals surface area (Å²) in [6, 6.07) is 24.5. The molecule has 4 rings (SSSR count). The van der Waals surface area contributed by atoms with Crippen molar-refractivity contribution < 1.29 is 4.79 Å². The zero-order chi connectivity index (χ0) is 18.6. The molecule has 3 heteroatoms. The molecule has 1 aliphatic rings. The Balaban J connectivity index is 1.57. The van der Waals surface area contributed by atoms with E-state index < -0.39 is 0 Å². The van der Waals surface area contributed by atoms with E-state index in [0.717, 1.165) is 36.0 Å². The van der Waals surface area contributed by atoms with E-state index in [1.807, 2.05) is 48.5 Å². The normalized spacial score (nSPS) is 15.8. The molecule has 1 amide bonds. The zero-order valence-corrected chi connectivity index (χ0v) is 15.3. The summed E-state index contributed by atoms with van der Waals surface area (Å²) in [6.07, 6.45) is 3.18. The van der Waals surface area contributed by atoms with Crippen molar-refractivity contribution in [1.82, 2.24) is 5.32 Å². The van der Waals surface area contributed by atoms with Crippen LogP contribution in [0, 0.1) is 0 Å². The van der Waals surface area contributed by atoms with Crippen molar-refractivity contribution in [1.29, 1.82) is 0 Å². The van der Waals surface area contributed by atoms with Gasteiger partial charge < -0.3 is 11.1 Å². The molecule has 0 saturated heterocycles. The number of amides is 1. The Labute approximate surface area is 160 Å². The van der Waals surface area contributed by atoms with Crippen LogP contribution in [0.3, 0.4) is 0 Å². The number of nitrogens with one attached hydrogen (secondary N) is 1. The third-order valence-corrected chi connectivity index (χ3v) is 5.30. The van der Waals surface area contributed by atoms with Crippen molar-refractivity contribution >= 4 is 5.91 Å². The maximum atomic E-state index is 12.9. The van der Waals surface area contributed by atoms with Crippen LogP contribution in [0.15, 0.2) is 72.8 Å². The van der Waals surface area contributed by atoms with Gasteiger partial charge in [0.2, 0.25) is 0 Å². The first kappa shape index (κ1) is 17.5. The van der Waals surface area contributed by atoms with Crippen molar-refractivity contribution in [2.24, 2.45) is 5.73 Å². The predicted molar refractivity (Wildman–Crippen MR) is 109 cm³/mol. The Morgan fingerprint density at radius 1 is 0.963 bits per heavy atom. The summed E-state index contributed by atoms with van der Waals surface area (Å²) in [7, 11) is 0. The van der Waals surface area contributed by atoms with Gasteiger partial charge in [0.15, 0.2) is 0 Å². The van der Waals surface area contributed by atoms with Crippen LogP contribution in [0.5, 0.6) is 0 Å². The van der Waals surface area contributed by atoms with Gasteiger partial charge in [-0.25, -0.2) is 0 Å². The molecule has 1 aliphatic carbocycles. The summed E-state index contributed by atoms with van der Waals surface area (Å²) < 4.78 is 0. The van der Waals surface area contributed by atoms with Gasteiger partial charge >= 0.3 is 0 Å². The van der Waals surface area contributed by atoms with Gasteiger partial charge in [0.1, 0.15) is 0 Å². The van der Waals surface area contributed by atoms with Crippen molar-refractivity contribution in [3.05, 3.63) is 95.1 Å². The lowest BCUT2D eigenvalue weighted by Gasteiger charge is -2.26. The highest BCUT2D eigenvalue weighted by atomic mass is 16.1. The van der Waals surface area contributed by atoms with Crippen LogP contribution in [0.4, 0.5) is 0 Å². The lowest BCUT2D eigenvalue weighted by Crippen LogP contribution is -2.30. The average molecular weight is 356 g/mol. The third kappa shape index (κ3) is 3.79. The van der Waals surface area contributed by atoms with Gasteiger partial charge in [0.05, 0.1) is 6.04 Å². The minimum absolute atomic E-state index is 0.0199. The van der Waals surface area contributed by atoms with Crippen molar-refractivity contribution in [3.63, 3.8) is 0 Å². The largest absolute Gasteiger partial charge is 0.345 e. The maximum absolute atomic E-state index is 12.9. The Hall–Kier alpha value is -2.91. The molecule has 0 bridgehead atoms. The number of nitrogens with two attached hydrogens (primary N) is 1. The number of rotatable bonds is 4. The molecule has 136 valence electrons. The van der Waals surface area contributed by atoms with Crippen LogP contribution in [0.2, 0.25) is 0 Å². The molecule has 0 aliphatic heterocycles. The van der Waals surface area contributed by atoms with Gasteiger partial charge in [-0.1, -0.05) is 54.6 Å². The van der Waals surface area contributed by atoms with Crippen LogP contribution in [0.25, 0.3) is 11.1 Å². The van der Waals surface area contributed by atoms with Crippen molar-refractivity contribution in [3.8, 4) is 11.1 Å². The summed E-state index contributed by atoms with van der Waals surface area (Å²) in [5, 5.41) is 3.23. The molecule has 0 heterocycles. The second-order valence-electron chi connectivity index (χ2n) is 7.10. The Morgan fingerprint density at radius 3 is 2.59 bits per heavy atom. The van der Waals surface area contributed by atoms with Crippen molar-refractivity contribution in [2.75, 3.05) is 0 Å². The van der Waals surface area contributed by atoms with Crippen LogP contribution >= 0.6 is 0 Å². The molecule has 3 N–H and O–H groups in total. The zero-order valence-electron chi connectivity index (χ0n) is 15.3. The van der Waals surface area contributed by atoms with Crippen molar-refractivity contribution in [2.45, 2.75) is 31.8 Å². The lowest BCUT2D eigenvalue weighted by atomic mass is 9.87. The average Bonchev–Trinajstić information content (AvgIpc) is 2.74.